The number of aromatic nitrogens is 1. The molecule has 1 aromatic heterocycles. The highest BCUT2D eigenvalue weighted by Crippen LogP contribution is 2.20. The lowest BCUT2D eigenvalue weighted by Gasteiger charge is -2.13. The van der Waals surface area contributed by atoms with Crippen molar-refractivity contribution in [2.24, 2.45) is 0 Å². The fraction of sp³-hybridized carbons (Fsp3) is 0.118. The first-order chi connectivity index (χ1) is 10.9. The smallest absolute Gasteiger partial charge is 0.267 e. The number of pyridine rings is 1. The van der Waals surface area contributed by atoms with Gasteiger partial charge in [0.05, 0.1) is 11.3 Å². The quantitative estimate of drug-likeness (QED) is 0.748. The van der Waals surface area contributed by atoms with Crippen molar-refractivity contribution in [3.8, 4) is 0 Å². The molecule has 0 unspecified atom stereocenters. The zero-order valence-electron chi connectivity index (χ0n) is 12.6. The maximum atomic E-state index is 12.8. The largest absolute Gasteiger partial charge is 0.399 e. The maximum Gasteiger partial charge on any atom is 0.267 e. The molecule has 0 spiro atoms. The molecule has 5 nitrogen and oxygen atoms in total. The van der Waals surface area contributed by atoms with Crippen molar-refractivity contribution in [1.29, 1.82) is 0 Å². The van der Waals surface area contributed by atoms with Crippen molar-refractivity contribution in [2.45, 2.75) is 12.7 Å². The lowest BCUT2D eigenvalue weighted by Crippen LogP contribution is -2.30. The fourth-order valence-electron chi connectivity index (χ4n) is 2.55. The summed E-state index contributed by atoms with van der Waals surface area (Å²) >= 11 is 0. The van der Waals surface area contributed by atoms with Crippen molar-refractivity contribution in [3.05, 3.63) is 76.1 Å². The molecule has 0 amide bonds. The van der Waals surface area contributed by atoms with E-state index in [0.717, 1.165) is 3.97 Å². The molecule has 3 rings (SSSR count). The van der Waals surface area contributed by atoms with E-state index in [1.165, 1.54) is 6.07 Å². The summed E-state index contributed by atoms with van der Waals surface area (Å²) in [7, 11) is -3.86. The molecule has 118 valence electrons. The van der Waals surface area contributed by atoms with Crippen LogP contribution >= 0.6 is 0 Å². The Balaban J connectivity index is 2.28. The van der Waals surface area contributed by atoms with Gasteiger partial charge in [-0.05, 0) is 36.1 Å². The van der Waals surface area contributed by atoms with Crippen molar-refractivity contribution < 1.29 is 8.42 Å². The van der Waals surface area contributed by atoms with Crippen LogP contribution in [0.2, 0.25) is 0 Å². The van der Waals surface area contributed by atoms with Crippen LogP contribution in [0.4, 0.5) is 5.69 Å². The summed E-state index contributed by atoms with van der Waals surface area (Å²) in [6, 6.07) is 15.4. The molecule has 0 aliphatic carbocycles. The highest BCUT2D eigenvalue weighted by molar-refractivity contribution is 7.89. The van der Waals surface area contributed by atoms with E-state index in [0.29, 0.717) is 27.7 Å². The third kappa shape index (κ3) is 2.85. The first-order valence-electron chi connectivity index (χ1n) is 7.07. The van der Waals surface area contributed by atoms with Crippen LogP contribution in [-0.2, 0) is 15.8 Å². The number of rotatable bonds is 3. The minimum atomic E-state index is -3.86. The Bertz CT molecular complexity index is 1040. The third-order valence-electron chi connectivity index (χ3n) is 3.64. The number of anilines is 1. The van der Waals surface area contributed by atoms with Gasteiger partial charge in [0.1, 0.15) is 0 Å². The van der Waals surface area contributed by atoms with Crippen molar-refractivity contribution in [3.63, 3.8) is 0 Å². The van der Waals surface area contributed by atoms with Crippen LogP contribution in [0.25, 0.3) is 10.9 Å². The van der Waals surface area contributed by atoms with Gasteiger partial charge in [-0.25, -0.2) is 12.4 Å². The molecule has 2 aromatic carbocycles. The molecule has 2 N–H and O–H groups in total. The number of nitrogens with two attached hydrogens (primary N) is 1. The highest BCUT2D eigenvalue weighted by atomic mass is 32.2. The molecule has 0 atom stereocenters. The van der Waals surface area contributed by atoms with Gasteiger partial charge in [0.25, 0.3) is 5.56 Å². The standard InChI is InChI=1S/C17H16N2O3S/c1-12-9-14-7-8-15(18)10-16(14)19(17(12)20)23(21,22)11-13-5-3-2-4-6-13/h2-10H,11,18H2,1H3. The maximum absolute atomic E-state index is 12.8. The number of nitrogen functional groups attached to an aromatic ring is 1. The number of aryl methyl sites for hydroxylation is 1. The van der Waals surface area contributed by atoms with Crippen LogP contribution in [0.5, 0.6) is 0 Å². The van der Waals surface area contributed by atoms with Gasteiger partial charge in [-0.2, -0.15) is 0 Å². The second kappa shape index (κ2) is 5.55. The summed E-state index contributed by atoms with van der Waals surface area (Å²) in [5.74, 6) is -0.249. The van der Waals surface area contributed by atoms with Crippen LogP contribution < -0.4 is 11.3 Å². The Kier molecular flexibility index (Phi) is 3.69. The average molecular weight is 328 g/mol. The van der Waals surface area contributed by atoms with E-state index in [-0.39, 0.29) is 5.75 Å². The number of hydrogen-bond acceptors (Lipinski definition) is 4. The first kappa shape index (κ1) is 15.3. The van der Waals surface area contributed by atoms with Gasteiger partial charge in [-0.3, -0.25) is 4.79 Å². The van der Waals surface area contributed by atoms with Gasteiger partial charge < -0.3 is 5.73 Å². The predicted molar refractivity (Wildman–Crippen MR) is 91.8 cm³/mol. The molecule has 0 bridgehead atoms. The molecule has 0 fully saturated rings. The van der Waals surface area contributed by atoms with Gasteiger partial charge in [0, 0.05) is 11.3 Å². The van der Waals surface area contributed by atoms with E-state index in [2.05, 4.69) is 0 Å². The summed E-state index contributed by atoms with van der Waals surface area (Å²) in [4.78, 5) is 12.5. The van der Waals surface area contributed by atoms with Crippen molar-refractivity contribution in [1.82, 2.24) is 3.97 Å². The monoisotopic (exact) mass is 328 g/mol. The summed E-state index contributed by atoms with van der Waals surface area (Å²) in [6.45, 7) is 1.60. The molecule has 3 aromatic rings. The molecular formula is C17H16N2O3S. The third-order valence-corrected chi connectivity index (χ3v) is 5.25. The zero-order valence-corrected chi connectivity index (χ0v) is 13.4. The molecule has 0 radical (unpaired) electrons. The molecule has 1 heterocycles. The van der Waals surface area contributed by atoms with Gasteiger partial charge >= 0.3 is 0 Å². The van der Waals surface area contributed by atoms with Gasteiger partial charge in [-0.1, -0.05) is 36.4 Å². The van der Waals surface area contributed by atoms with E-state index < -0.39 is 15.6 Å². The Morgan fingerprint density at radius 1 is 1.04 bits per heavy atom. The number of nitrogens with zero attached hydrogens (tertiary/aromatic N) is 1. The molecule has 0 aliphatic heterocycles. The van der Waals surface area contributed by atoms with E-state index in [1.54, 1.807) is 49.4 Å². The zero-order chi connectivity index (χ0) is 16.6. The minimum absolute atomic E-state index is 0.249. The Hall–Kier alpha value is -2.60. The fourth-order valence-corrected chi connectivity index (χ4v) is 4.15. The molecule has 0 aliphatic rings. The second-order valence-electron chi connectivity index (χ2n) is 5.46. The second-order valence-corrected chi connectivity index (χ2v) is 7.27. The van der Waals surface area contributed by atoms with E-state index in [4.69, 9.17) is 5.73 Å². The van der Waals surface area contributed by atoms with Crippen LogP contribution in [-0.4, -0.2) is 12.4 Å². The van der Waals surface area contributed by atoms with Crippen LogP contribution in [0.3, 0.4) is 0 Å². The summed E-state index contributed by atoms with van der Waals surface area (Å²) in [5.41, 5.74) is 6.93. The number of hydrogen-bond donors (Lipinski definition) is 1. The predicted octanol–water partition coefficient (Wildman–Crippen LogP) is 2.27. The normalized spacial score (nSPS) is 11.7. The number of benzene rings is 2. The average Bonchev–Trinajstić information content (AvgIpc) is 2.49. The summed E-state index contributed by atoms with van der Waals surface area (Å²) < 4.78 is 26.5. The van der Waals surface area contributed by atoms with Crippen molar-refractivity contribution in [2.75, 3.05) is 5.73 Å². The molecule has 23 heavy (non-hydrogen) atoms. The highest BCUT2D eigenvalue weighted by Gasteiger charge is 2.20. The Morgan fingerprint density at radius 2 is 1.74 bits per heavy atom. The SMILES string of the molecule is Cc1cc2ccc(N)cc2n(S(=O)(=O)Cc2ccccc2)c1=O. The molecule has 0 saturated carbocycles. The first-order valence-corrected chi connectivity index (χ1v) is 8.68. The van der Waals surface area contributed by atoms with E-state index >= 15 is 0 Å². The van der Waals surface area contributed by atoms with Crippen LogP contribution in [0.1, 0.15) is 11.1 Å². The van der Waals surface area contributed by atoms with Crippen molar-refractivity contribution >= 4 is 26.6 Å². The Labute approximate surface area is 134 Å². The van der Waals surface area contributed by atoms with Gasteiger partial charge in [0.15, 0.2) is 0 Å². The minimum Gasteiger partial charge on any atom is -0.399 e. The van der Waals surface area contributed by atoms with Gasteiger partial charge in [-0.15, -0.1) is 0 Å². The van der Waals surface area contributed by atoms with Crippen LogP contribution in [0.15, 0.2) is 59.4 Å². The molecule has 0 saturated heterocycles. The topological polar surface area (TPSA) is 82.2 Å². The lowest BCUT2D eigenvalue weighted by atomic mass is 10.1. The van der Waals surface area contributed by atoms with E-state index in [9.17, 15) is 13.2 Å². The van der Waals surface area contributed by atoms with Crippen LogP contribution in [0, 0.1) is 6.92 Å². The summed E-state index contributed by atoms with van der Waals surface area (Å²) in [5, 5.41) is 0.660. The summed E-state index contributed by atoms with van der Waals surface area (Å²) in [6.07, 6.45) is 0. The van der Waals surface area contributed by atoms with Gasteiger partial charge in [0.2, 0.25) is 10.0 Å². The lowest BCUT2D eigenvalue weighted by molar-refractivity contribution is 0.586. The molecule has 6 heteroatoms. The van der Waals surface area contributed by atoms with E-state index in [1.807, 2.05) is 6.07 Å². The Morgan fingerprint density at radius 3 is 2.43 bits per heavy atom. The molecular weight excluding hydrogens is 312 g/mol. The number of fused-ring (bicyclic) bond motifs is 1.